The van der Waals surface area contributed by atoms with Crippen LogP contribution in [0.25, 0.3) is 0 Å². The molecule has 0 aliphatic rings. The van der Waals surface area contributed by atoms with Crippen molar-refractivity contribution in [2.24, 2.45) is 0 Å². The number of nitro groups is 1. The van der Waals surface area contributed by atoms with Crippen LogP contribution in [0.2, 0.25) is 0 Å². The fourth-order valence-electron chi connectivity index (χ4n) is 1.69. The highest BCUT2D eigenvalue weighted by molar-refractivity contribution is 5.99. The van der Waals surface area contributed by atoms with E-state index in [0.29, 0.717) is 6.07 Å². The molecule has 0 aliphatic heterocycles. The molecule has 0 aliphatic carbocycles. The van der Waals surface area contributed by atoms with Gasteiger partial charge in [-0.05, 0) is 23.8 Å². The van der Waals surface area contributed by atoms with Crippen LogP contribution >= 0.6 is 0 Å². The van der Waals surface area contributed by atoms with Gasteiger partial charge in [0, 0.05) is 18.9 Å². The molecule has 1 aromatic carbocycles. The largest absolute Gasteiger partial charge is 0.396 e. The van der Waals surface area contributed by atoms with E-state index in [1.165, 1.54) is 0 Å². The number of anilines is 1. The van der Waals surface area contributed by atoms with Crippen LogP contribution < -0.4 is 11.1 Å². The van der Waals surface area contributed by atoms with Gasteiger partial charge in [0.2, 0.25) is 0 Å². The van der Waals surface area contributed by atoms with Crippen molar-refractivity contribution >= 4 is 17.3 Å². The maximum atomic E-state index is 13.3. The molecule has 0 radical (unpaired) electrons. The van der Waals surface area contributed by atoms with Gasteiger partial charge in [-0.15, -0.1) is 0 Å². The van der Waals surface area contributed by atoms with Gasteiger partial charge in [-0.2, -0.15) is 0 Å². The molecule has 1 amide bonds. The molecule has 3 N–H and O–H groups in total. The summed E-state index contributed by atoms with van der Waals surface area (Å²) in [6.07, 6.45) is 3.11. The molecular weight excluding hydrogens is 279 g/mol. The van der Waals surface area contributed by atoms with Crippen LogP contribution in [0.15, 0.2) is 36.7 Å². The number of aromatic nitrogens is 1. The van der Waals surface area contributed by atoms with Gasteiger partial charge in [0.1, 0.15) is 5.56 Å². The second kappa shape index (κ2) is 5.95. The maximum absolute atomic E-state index is 13.3. The molecule has 1 aromatic heterocycles. The number of carbonyl (C=O) groups is 1. The van der Waals surface area contributed by atoms with Crippen molar-refractivity contribution in [1.29, 1.82) is 0 Å². The van der Waals surface area contributed by atoms with E-state index >= 15 is 0 Å². The average Bonchev–Trinajstić information content (AvgIpc) is 2.48. The summed E-state index contributed by atoms with van der Waals surface area (Å²) >= 11 is 0. The number of nitro benzene ring substituents is 1. The Morgan fingerprint density at radius 2 is 2.05 bits per heavy atom. The van der Waals surface area contributed by atoms with Crippen molar-refractivity contribution in [1.82, 2.24) is 10.3 Å². The lowest BCUT2D eigenvalue weighted by atomic mass is 10.1. The van der Waals surface area contributed by atoms with E-state index in [1.54, 1.807) is 24.5 Å². The van der Waals surface area contributed by atoms with Gasteiger partial charge in [-0.1, -0.05) is 0 Å². The Labute approximate surface area is 118 Å². The first kappa shape index (κ1) is 14.4. The van der Waals surface area contributed by atoms with E-state index in [-0.39, 0.29) is 17.8 Å². The molecule has 0 fully saturated rings. The smallest absolute Gasteiger partial charge is 0.285 e. The Morgan fingerprint density at radius 3 is 2.67 bits per heavy atom. The zero-order valence-electron chi connectivity index (χ0n) is 10.7. The van der Waals surface area contributed by atoms with Crippen LogP contribution in [-0.2, 0) is 6.54 Å². The van der Waals surface area contributed by atoms with E-state index in [1.807, 2.05) is 0 Å². The molecule has 0 saturated carbocycles. The van der Waals surface area contributed by atoms with Gasteiger partial charge >= 0.3 is 0 Å². The number of nitrogens with one attached hydrogen (secondary N) is 1. The van der Waals surface area contributed by atoms with Crippen LogP contribution in [-0.4, -0.2) is 15.8 Å². The first-order chi connectivity index (χ1) is 9.99. The van der Waals surface area contributed by atoms with E-state index in [4.69, 9.17) is 5.73 Å². The summed E-state index contributed by atoms with van der Waals surface area (Å²) in [5, 5.41) is 13.4. The zero-order chi connectivity index (χ0) is 15.4. The van der Waals surface area contributed by atoms with Crippen molar-refractivity contribution in [2.45, 2.75) is 6.54 Å². The number of nitrogen functional groups attached to an aromatic ring is 1. The van der Waals surface area contributed by atoms with Crippen LogP contribution in [0.4, 0.5) is 15.8 Å². The Morgan fingerprint density at radius 1 is 1.38 bits per heavy atom. The fourth-order valence-corrected chi connectivity index (χ4v) is 1.69. The Bertz CT molecular complexity index is 691. The van der Waals surface area contributed by atoms with E-state index in [0.717, 1.165) is 11.6 Å². The van der Waals surface area contributed by atoms with E-state index in [9.17, 15) is 19.3 Å². The normalized spacial score (nSPS) is 10.1. The summed E-state index contributed by atoms with van der Waals surface area (Å²) in [6, 6.07) is 4.97. The molecule has 0 atom stereocenters. The summed E-state index contributed by atoms with van der Waals surface area (Å²) in [4.78, 5) is 25.9. The molecular formula is C13H11FN4O3. The molecule has 0 spiro atoms. The van der Waals surface area contributed by atoms with E-state index < -0.39 is 22.3 Å². The molecule has 1 heterocycles. The third kappa shape index (κ3) is 3.30. The highest BCUT2D eigenvalue weighted by Crippen LogP contribution is 2.24. The summed E-state index contributed by atoms with van der Waals surface area (Å²) < 4.78 is 13.3. The van der Waals surface area contributed by atoms with Crippen molar-refractivity contribution < 1.29 is 14.1 Å². The monoisotopic (exact) mass is 290 g/mol. The predicted octanol–water partition coefficient (Wildman–Crippen LogP) is 1.64. The highest BCUT2D eigenvalue weighted by atomic mass is 19.1. The Balaban J connectivity index is 2.22. The first-order valence-electron chi connectivity index (χ1n) is 5.89. The topological polar surface area (TPSA) is 111 Å². The van der Waals surface area contributed by atoms with Gasteiger partial charge in [0.25, 0.3) is 11.6 Å². The third-order valence-corrected chi connectivity index (χ3v) is 2.76. The molecule has 2 aromatic rings. The minimum Gasteiger partial charge on any atom is -0.396 e. The second-order valence-corrected chi connectivity index (χ2v) is 4.19. The Hall–Kier alpha value is -3.03. The number of rotatable bonds is 4. The molecule has 21 heavy (non-hydrogen) atoms. The predicted molar refractivity (Wildman–Crippen MR) is 72.9 cm³/mol. The van der Waals surface area contributed by atoms with Gasteiger partial charge < -0.3 is 11.1 Å². The number of amides is 1. The minimum absolute atomic E-state index is 0.162. The van der Waals surface area contributed by atoms with Crippen LogP contribution in [0.3, 0.4) is 0 Å². The summed E-state index contributed by atoms with van der Waals surface area (Å²) in [6.45, 7) is 0.162. The van der Waals surface area contributed by atoms with Crippen LogP contribution in [0.5, 0.6) is 0 Å². The standard InChI is InChI=1S/C13H11FN4O3/c14-10-6-12(18(20)21)9(5-11(10)15)13(19)17-7-8-1-3-16-4-2-8/h1-6H,7,15H2,(H,17,19). The number of nitrogens with zero attached hydrogens (tertiary/aromatic N) is 2. The number of benzene rings is 1. The summed E-state index contributed by atoms with van der Waals surface area (Å²) in [5.74, 6) is -1.64. The van der Waals surface area contributed by atoms with Crippen molar-refractivity contribution in [3.05, 3.63) is 63.7 Å². The minimum atomic E-state index is -0.938. The van der Waals surface area contributed by atoms with Crippen molar-refractivity contribution in [3.8, 4) is 0 Å². The van der Waals surface area contributed by atoms with Gasteiger partial charge in [-0.25, -0.2) is 4.39 Å². The van der Waals surface area contributed by atoms with Crippen molar-refractivity contribution in [2.75, 3.05) is 5.73 Å². The summed E-state index contributed by atoms with van der Waals surface area (Å²) in [7, 11) is 0. The maximum Gasteiger partial charge on any atom is 0.285 e. The SMILES string of the molecule is Nc1cc(C(=O)NCc2ccncc2)c([N+](=O)[O-])cc1F. The van der Waals surface area contributed by atoms with E-state index in [2.05, 4.69) is 10.3 Å². The second-order valence-electron chi connectivity index (χ2n) is 4.19. The lowest BCUT2D eigenvalue weighted by Crippen LogP contribution is -2.24. The third-order valence-electron chi connectivity index (χ3n) is 2.76. The zero-order valence-corrected chi connectivity index (χ0v) is 10.7. The number of hydrogen-bond acceptors (Lipinski definition) is 5. The molecule has 0 saturated heterocycles. The molecule has 0 bridgehead atoms. The number of halogens is 1. The summed E-state index contributed by atoms with van der Waals surface area (Å²) in [5.41, 5.74) is 4.88. The number of nitrogens with two attached hydrogens (primary N) is 1. The quantitative estimate of drug-likeness (QED) is 0.505. The number of carbonyl (C=O) groups excluding carboxylic acids is 1. The number of hydrogen-bond donors (Lipinski definition) is 2. The van der Waals surface area contributed by atoms with Gasteiger partial charge in [0.05, 0.1) is 16.7 Å². The van der Waals surface area contributed by atoms with Crippen LogP contribution in [0.1, 0.15) is 15.9 Å². The van der Waals surface area contributed by atoms with Crippen LogP contribution in [0, 0.1) is 15.9 Å². The first-order valence-corrected chi connectivity index (χ1v) is 5.89. The van der Waals surface area contributed by atoms with Gasteiger partial charge in [0.15, 0.2) is 5.82 Å². The molecule has 2 rings (SSSR count). The molecule has 0 unspecified atom stereocenters. The fraction of sp³-hybridized carbons (Fsp3) is 0.0769. The molecule has 8 heteroatoms. The average molecular weight is 290 g/mol. The lowest BCUT2D eigenvalue weighted by Gasteiger charge is -2.07. The number of pyridine rings is 1. The van der Waals surface area contributed by atoms with Gasteiger partial charge in [-0.3, -0.25) is 19.9 Å². The van der Waals surface area contributed by atoms with Crippen molar-refractivity contribution in [3.63, 3.8) is 0 Å². The molecule has 7 nitrogen and oxygen atoms in total. The lowest BCUT2D eigenvalue weighted by molar-refractivity contribution is -0.385. The Kier molecular flexibility index (Phi) is 4.07. The highest BCUT2D eigenvalue weighted by Gasteiger charge is 2.22. The molecule has 108 valence electrons.